The zero-order valence-electron chi connectivity index (χ0n) is 43.6. The van der Waals surface area contributed by atoms with Gasteiger partial charge < -0.3 is 15.1 Å². The van der Waals surface area contributed by atoms with Crippen LogP contribution < -0.4 is 0 Å². The SMILES string of the molecule is CCCCCCCCCCCCCCCCCCN(C(=O)CCCCCCCCCCCCCCCCC)[C@@](CCCCCCCCCCCCCCCCCC)(CC(=O)O)C(=O)O. The summed E-state index contributed by atoms with van der Waals surface area (Å²) in [6, 6.07) is 0. The van der Waals surface area contributed by atoms with Gasteiger partial charge in [0.15, 0.2) is 5.54 Å². The van der Waals surface area contributed by atoms with E-state index in [1.54, 1.807) is 4.90 Å². The van der Waals surface area contributed by atoms with E-state index in [1.807, 2.05) is 0 Å². The lowest BCUT2D eigenvalue weighted by molar-refractivity contribution is -0.165. The normalized spacial score (nSPS) is 12.5. The van der Waals surface area contributed by atoms with Gasteiger partial charge >= 0.3 is 11.9 Å². The molecule has 1 atom stereocenters. The molecule has 0 aromatic carbocycles. The molecule has 0 radical (unpaired) electrons. The van der Waals surface area contributed by atoms with Crippen LogP contribution in [0.4, 0.5) is 0 Å². The summed E-state index contributed by atoms with van der Waals surface area (Å²) in [6.45, 7) is 7.16. The van der Waals surface area contributed by atoms with E-state index in [4.69, 9.17) is 0 Å². The molecule has 64 heavy (non-hydrogen) atoms. The van der Waals surface area contributed by atoms with Crippen molar-refractivity contribution >= 4 is 17.8 Å². The van der Waals surface area contributed by atoms with Crippen LogP contribution in [-0.2, 0) is 14.4 Å². The third-order valence-electron chi connectivity index (χ3n) is 14.3. The van der Waals surface area contributed by atoms with Gasteiger partial charge in [-0.3, -0.25) is 9.59 Å². The van der Waals surface area contributed by atoms with Crippen LogP contribution in [-0.4, -0.2) is 45.0 Å². The Morgan fingerprint density at radius 2 is 0.562 bits per heavy atom. The van der Waals surface area contributed by atoms with Crippen molar-refractivity contribution in [2.24, 2.45) is 0 Å². The molecule has 0 spiro atoms. The Bertz CT molecular complexity index is 1000. The van der Waals surface area contributed by atoms with E-state index in [-0.39, 0.29) is 12.3 Å². The minimum Gasteiger partial charge on any atom is -0.481 e. The monoisotopic (exact) mass is 904 g/mol. The number of carbonyl (C=O) groups is 3. The average molecular weight is 905 g/mol. The predicted molar refractivity (Wildman–Crippen MR) is 278 cm³/mol. The second kappa shape index (κ2) is 49.3. The first-order chi connectivity index (χ1) is 31.4. The molecule has 6 heteroatoms. The Hall–Kier alpha value is -1.59. The molecule has 6 nitrogen and oxygen atoms in total. The Kier molecular flexibility index (Phi) is 48.1. The van der Waals surface area contributed by atoms with Crippen LogP contribution in [0.25, 0.3) is 0 Å². The first kappa shape index (κ1) is 62.4. The lowest BCUT2D eigenvalue weighted by Gasteiger charge is -2.40. The number of rotatable bonds is 54. The predicted octanol–water partition coefficient (Wildman–Crippen LogP) is 19.3. The van der Waals surface area contributed by atoms with Crippen molar-refractivity contribution in [3.63, 3.8) is 0 Å². The summed E-state index contributed by atoms with van der Waals surface area (Å²) < 4.78 is 0. The molecule has 0 heterocycles. The molecule has 0 aliphatic heterocycles. The standard InChI is InChI=1S/C58H113NO5/c1-4-7-10-13-16-19-22-25-28-31-34-37-40-43-46-49-52-58(57(63)64,54-56(61)62)59(53-50-47-44-41-38-35-32-29-26-23-20-17-14-11-8-5-2)55(60)51-48-45-42-39-36-33-30-27-24-21-18-15-12-9-6-3/h4-54H2,1-3H3,(H,61,62)(H,63,64)/t58-/m0/s1. The van der Waals surface area contributed by atoms with E-state index in [1.165, 1.54) is 238 Å². The molecule has 0 fully saturated rings. The fourth-order valence-corrected chi connectivity index (χ4v) is 10.0. The summed E-state index contributed by atoms with van der Waals surface area (Å²) in [6.07, 6.45) is 58.6. The molecular weight excluding hydrogens is 791 g/mol. The molecule has 1 amide bonds. The number of nitrogens with zero attached hydrogens (tertiary/aromatic N) is 1. The van der Waals surface area contributed by atoms with Gasteiger partial charge in [-0.2, -0.15) is 0 Å². The van der Waals surface area contributed by atoms with Crippen molar-refractivity contribution in [1.29, 1.82) is 0 Å². The number of carboxylic acid groups (broad SMARTS) is 2. The van der Waals surface area contributed by atoms with Gasteiger partial charge in [-0.1, -0.05) is 310 Å². The molecule has 0 aliphatic rings. The summed E-state index contributed by atoms with van der Waals surface area (Å²) >= 11 is 0. The van der Waals surface area contributed by atoms with Gasteiger partial charge in [-0.25, -0.2) is 4.79 Å². The van der Waals surface area contributed by atoms with Gasteiger partial charge in [0.05, 0.1) is 6.42 Å². The maximum atomic E-state index is 14.0. The Morgan fingerprint density at radius 3 is 0.812 bits per heavy atom. The molecule has 0 aromatic rings. The highest BCUT2D eigenvalue weighted by Gasteiger charge is 2.47. The number of carboxylic acids is 2. The summed E-state index contributed by atoms with van der Waals surface area (Å²) in [5, 5.41) is 20.9. The minimum absolute atomic E-state index is 0.157. The zero-order valence-corrected chi connectivity index (χ0v) is 43.6. The maximum Gasteiger partial charge on any atom is 0.330 e. The fraction of sp³-hybridized carbons (Fsp3) is 0.948. The number of unbranched alkanes of at least 4 members (excludes halogenated alkanes) is 44. The summed E-state index contributed by atoms with van der Waals surface area (Å²) in [4.78, 5) is 41.2. The van der Waals surface area contributed by atoms with Gasteiger partial charge in [-0.05, 0) is 19.3 Å². The van der Waals surface area contributed by atoms with Crippen LogP contribution in [0.3, 0.4) is 0 Å². The first-order valence-electron chi connectivity index (χ1n) is 29.1. The first-order valence-corrected chi connectivity index (χ1v) is 29.1. The fourth-order valence-electron chi connectivity index (χ4n) is 10.0. The molecule has 0 aliphatic carbocycles. The molecule has 0 saturated heterocycles. The Morgan fingerprint density at radius 1 is 0.328 bits per heavy atom. The van der Waals surface area contributed by atoms with Crippen molar-refractivity contribution in [1.82, 2.24) is 4.90 Å². The van der Waals surface area contributed by atoms with E-state index in [2.05, 4.69) is 20.8 Å². The summed E-state index contributed by atoms with van der Waals surface area (Å²) in [5.74, 6) is -2.43. The zero-order chi connectivity index (χ0) is 46.9. The number of hydrogen-bond donors (Lipinski definition) is 2. The summed E-state index contributed by atoms with van der Waals surface area (Å²) in [7, 11) is 0. The van der Waals surface area contributed by atoms with Gasteiger partial charge in [0, 0.05) is 13.0 Å². The van der Waals surface area contributed by atoms with E-state index in [0.29, 0.717) is 19.4 Å². The highest BCUT2D eigenvalue weighted by atomic mass is 16.4. The minimum atomic E-state index is -1.68. The number of hydrogen-bond acceptors (Lipinski definition) is 3. The smallest absolute Gasteiger partial charge is 0.330 e. The van der Waals surface area contributed by atoms with Crippen LogP contribution in [0, 0.1) is 0 Å². The van der Waals surface area contributed by atoms with Crippen molar-refractivity contribution in [3.8, 4) is 0 Å². The lowest BCUT2D eigenvalue weighted by atomic mass is 9.85. The van der Waals surface area contributed by atoms with Crippen LogP contribution in [0.1, 0.15) is 342 Å². The van der Waals surface area contributed by atoms with Crippen LogP contribution >= 0.6 is 0 Å². The second-order valence-corrected chi connectivity index (χ2v) is 20.5. The maximum absolute atomic E-state index is 14.0. The number of aliphatic carboxylic acids is 2. The van der Waals surface area contributed by atoms with E-state index in [0.717, 1.165) is 57.8 Å². The largest absolute Gasteiger partial charge is 0.481 e. The molecule has 380 valence electrons. The molecular formula is C58H113NO5. The van der Waals surface area contributed by atoms with E-state index < -0.39 is 23.9 Å². The highest BCUT2D eigenvalue weighted by Crippen LogP contribution is 2.31. The van der Waals surface area contributed by atoms with Crippen molar-refractivity contribution in [2.75, 3.05) is 6.54 Å². The Labute approximate surface area is 399 Å². The lowest BCUT2D eigenvalue weighted by Crippen LogP contribution is -2.58. The molecule has 2 N–H and O–H groups in total. The number of amides is 1. The van der Waals surface area contributed by atoms with Gasteiger partial charge in [0.25, 0.3) is 0 Å². The van der Waals surface area contributed by atoms with E-state index in [9.17, 15) is 24.6 Å². The molecule has 0 aromatic heterocycles. The summed E-state index contributed by atoms with van der Waals surface area (Å²) in [5.41, 5.74) is -1.68. The van der Waals surface area contributed by atoms with Crippen LogP contribution in [0.5, 0.6) is 0 Å². The number of carbonyl (C=O) groups excluding carboxylic acids is 1. The highest BCUT2D eigenvalue weighted by molar-refractivity contribution is 5.90. The van der Waals surface area contributed by atoms with Gasteiger partial charge in [0.2, 0.25) is 5.91 Å². The third kappa shape index (κ3) is 39.6. The topological polar surface area (TPSA) is 94.9 Å². The van der Waals surface area contributed by atoms with E-state index >= 15 is 0 Å². The third-order valence-corrected chi connectivity index (χ3v) is 14.3. The van der Waals surface area contributed by atoms with Gasteiger partial charge in [0.1, 0.15) is 0 Å². The molecule has 0 bridgehead atoms. The molecule has 0 unspecified atom stereocenters. The second-order valence-electron chi connectivity index (χ2n) is 20.5. The van der Waals surface area contributed by atoms with Crippen LogP contribution in [0.2, 0.25) is 0 Å². The Balaban J connectivity index is 4.91. The quantitative estimate of drug-likeness (QED) is 0.0593. The van der Waals surface area contributed by atoms with Crippen LogP contribution in [0.15, 0.2) is 0 Å². The van der Waals surface area contributed by atoms with Crippen molar-refractivity contribution < 1.29 is 24.6 Å². The van der Waals surface area contributed by atoms with Crippen molar-refractivity contribution in [3.05, 3.63) is 0 Å². The average Bonchev–Trinajstić information content (AvgIpc) is 3.28. The molecule has 0 saturated carbocycles. The molecule has 0 rings (SSSR count). The van der Waals surface area contributed by atoms with Crippen molar-refractivity contribution in [2.45, 2.75) is 347 Å². The van der Waals surface area contributed by atoms with Gasteiger partial charge in [-0.15, -0.1) is 0 Å².